The van der Waals surface area contributed by atoms with Crippen LogP contribution in [0.15, 0.2) is 16.8 Å². The summed E-state index contributed by atoms with van der Waals surface area (Å²) in [7, 11) is 0. The monoisotopic (exact) mass is 225 g/mol. The molecule has 0 aliphatic rings. The first-order valence-corrected chi connectivity index (χ1v) is 5.60. The van der Waals surface area contributed by atoms with Crippen LogP contribution in [0.3, 0.4) is 0 Å². The van der Waals surface area contributed by atoms with Crippen LogP contribution < -0.4 is 5.32 Å². The van der Waals surface area contributed by atoms with E-state index in [4.69, 9.17) is 4.52 Å². The van der Waals surface area contributed by atoms with Crippen molar-refractivity contribution in [1.82, 2.24) is 15.4 Å². The van der Waals surface area contributed by atoms with Crippen LogP contribution >= 0.6 is 0 Å². The summed E-state index contributed by atoms with van der Waals surface area (Å²) >= 11 is 0. The Morgan fingerprint density at radius 3 is 2.75 bits per heavy atom. The van der Waals surface area contributed by atoms with Gasteiger partial charge in [0.15, 0.2) is 0 Å². The molecule has 0 saturated carbocycles. The molecular weight excluding hydrogens is 206 g/mol. The van der Waals surface area contributed by atoms with E-state index in [0.29, 0.717) is 6.54 Å². The van der Waals surface area contributed by atoms with Gasteiger partial charge in [0.2, 0.25) is 5.91 Å². The molecule has 0 spiro atoms. The molecule has 5 nitrogen and oxygen atoms in total. The molecule has 0 bridgehead atoms. The van der Waals surface area contributed by atoms with Crippen molar-refractivity contribution in [1.29, 1.82) is 0 Å². The number of likely N-dealkylation sites (N-methyl/N-ethyl adjacent to an activating group) is 1. The highest BCUT2D eigenvalue weighted by atomic mass is 16.5. The summed E-state index contributed by atoms with van der Waals surface area (Å²) in [6.45, 7) is 7.81. The van der Waals surface area contributed by atoms with Gasteiger partial charge in [0.25, 0.3) is 0 Å². The smallest absolute Gasteiger partial charge is 0.239 e. The second kappa shape index (κ2) is 6.27. The van der Waals surface area contributed by atoms with E-state index in [0.717, 1.165) is 18.8 Å². The van der Waals surface area contributed by atoms with Gasteiger partial charge in [0.1, 0.15) is 5.76 Å². The van der Waals surface area contributed by atoms with Crippen LogP contribution in [0.5, 0.6) is 0 Å². The normalized spacial score (nSPS) is 12.4. The summed E-state index contributed by atoms with van der Waals surface area (Å²) in [4.78, 5) is 13.7. The fourth-order valence-corrected chi connectivity index (χ4v) is 1.48. The van der Waals surface area contributed by atoms with E-state index in [1.165, 1.54) is 0 Å². The summed E-state index contributed by atoms with van der Waals surface area (Å²) in [6, 6.07) is 1.58. The topological polar surface area (TPSA) is 58.4 Å². The van der Waals surface area contributed by atoms with Crippen LogP contribution in [0.25, 0.3) is 0 Å². The third-order valence-corrected chi connectivity index (χ3v) is 2.52. The minimum atomic E-state index is -0.204. The van der Waals surface area contributed by atoms with Crippen molar-refractivity contribution in [2.45, 2.75) is 33.4 Å². The van der Waals surface area contributed by atoms with Crippen molar-refractivity contribution >= 4 is 5.91 Å². The Morgan fingerprint density at radius 2 is 2.25 bits per heavy atom. The predicted molar refractivity (Wildman–Crippen MR) is 60.7 cm³/mol. The lowest BCUT2D eigenvalue weighted by Gasteiger charge is -2.23. The summed E-state index contributed by atoms with van der Waals surface area (Å²) in [6.07, 6.45) is 1.59. The van der Waals surface area contributed by atoms with Crippen molar-refractivity contribution in [3.05, 3.63) is 18.0 Å². The molecule has 90 valence electrons. The van der Waals surface area contributed by atoms with E-state index in [1.54, 1.807) is 17.2 Å². The lowest BCUT2D eigenvalue weighted by Crippen LogP contribution is -2.44. The van der Waals surface area contributed by atoms with Crippen molar-refractivity contribution < 1.29 is 9.32 Å². The van der Waals surface area contributed by atoms with Crippen LogP contribution in [-0.4, -0.2) is 35.1 Å². The molecule has 1 amide bonds. The lowest BCUT2D eigenvalue weighted by molar-refractivity contribution is -0.132. The van der Waals surface area contributed by atoms with Gasteiger partial charge in [-0.3, -0.25) is 10.1 Å². The van der Waals surface area contributed by atoms with Gasteiger partial charge in [0.05, 0.1) is 18.8 Å². The molecule has 0 saturated heterocycles. The number of carbonyl (C=O) groups excluding carboxylic acids is 1. The van der Waals surface area contributed by atoms with Crippen molar-refractivity contribution in [3.63, 3.8) is 0 Å². The molecule has 1 aromatic heterocycles. The van der Waals surface area contributed by atoms with E-state index in [1.807, 2.05) is 20.8 Å². The fourth-order valence-electron chi connectivity index (χ4n) is 1.48. The zero-order chi connectivity index (χ0) is 12.0. The van der Waals surface area contributed by atoms with Gasteiger partial charge in [-0.05, 0) is 20.8 Å². The zero-order valence-electron chi connectivity index (χ0n) is 10.1. The SMILES string of the molecule is CCN(CC)C(=O)C(C)NCc1ccno1. The molecule has 0 aromatic carbocycles. The number of carbonyl (C=O) groups is 1. The maximum Gasteiger partial charge on any atom is 0.239 e. The zero-order valence-corrected chi connectivity index (χ0v) is 10.1. The highest BCUT2D eigenvalue weighted by Gasteiger charge is 2.17. The van der Waals surface area contributed by atoms with Gasteiger partial charge in [-0.25, -0.2) is 0 Å². The maximum absolute atomic E-state index is 11.9. The molecule has 1 heterocycles. The molecule has 1 unspecified atom stereocenters. The Hall–Kier alpha value is -1.36. The first-order chi connectivity index (χ1) is 7.69. The highest BCUT2D eigenvalue weighted by molar-refractivity contribution is 5.81. The van der Waals surface area contributed by atoms with Gasteiger partial charge in [0, 0.05) is 19.2 Å². The Balaban J connectivity index is 2.39. The Morgan fingerprint density at radius 1 is 1.56 bits per heavy atom. The number of nitrogens with zero attached hydrogens (tertiary/aromatic N) is 2. The quantitative estimate of drug-likeness (QED) is 0.785. The molecule has 0 aliphatic heterocycles. The molecule has 16 heavy (non-hydrogen) atoms. The standard InChI is InChI=1S/C11H19N3O2/c1-4-14(5-2)11(15)9(3)12-8-10-6-7-13-16-10/h6-7,9,12H,4-5,8H2,1-3H3. The molecule has 0 aliphatic carbocycles. The first kappa shape index (κ1) is 12.7. The molecular formula is C11H19N3O2. The number of hydrogen-bond donors (Lipinski definition) is 1. The molecule has 1 N–H and O–H groups in total. The predicted octanol–water partition coefficient (Wildman–Crippen LogP) is 1.02. The Bertz CT molecular complexity index is 307. The Kier molecular flexibility index (Phi) is 4.98. The largest absolute Gasteiger partial charge is 0.360 e. The summed E-state index contributed by atoms with van der Waals surface area (Å²) in [5.74, 6) is 0.851. The van der Waals surface area contributed by atoms with Gasteiger partial charge < -0.3 is 9.42 Å². The van der Waals surface area contributed by atoms with Crippen LogP contribution in [0.4, 0.5) is 0 Å². The molecule has 5 heteroatoms. The number of hydrogen-bond acceptors (Lipinski definition) is 4. The molecule has 1 aromatic rings. The van der Waals surface area contributed by atoms with Gasteiger partial charge in [-0.2, -0.15) is 0 Å². The van der Waals surface area contributed by atoms with E-state index >= 15 is 0 Å². The van der Waals surface area contributed by atoms with Crippen LogP contribution in [0.2, 0.25) is 0 Å². The number of rotatable bonds is 6. The number of nitrogens with one attached hydrogen (secondary N) is 1. The minimum Gasteiger partial charge on any atom is -0.360 e. The van der Waals surface area contributed by atoms with Crippen molar-refractivity contribution in [2.24, 2.45) is 0 Å². The maximum atomic E-state index is 11.9. The highest BCUT2D eigenvalue weighted by Crippen LogP contribution is 1.99. The Labute approximate surface area is 95.8 Å². The third-order valence-electron chi connectivity index (χ3n) is 2.52. The van der Waals surface area contributed by atoms with E-state index in [9.17, 15) is 4.79 Å². The summed E-state index contributed by atoms with van der Waals surface area (Å²) < 4.78 is 4.94. The van der Waals surface area contributed by atoms with Crippen molar-refractivity contribution in [2.75, 3.05) is 13.1 Å². The van der Waals surface area contributed by atoms with Crippen LogP contribution in [-0.2, 0) is 11.3 Å². The van der Waals surface area contributed by atoms with Gasteiger partial charge in [-0.15, -0.1) is 0 Å². The van der Waals surface area contributed by atoms with Gasteiger partial charge >= 0.3 is 0 Å². The molecule has 0 fully saturated rings. The average Bonchev–Trinajstić information content (AvgIpc) is 2.80. The van der Waals surface area contributed by atoms with Crippen LogP contribution in [0, 0.1) is 0 Å². The second-order valence-electron chi connectivity index (χ2n) is 3.59. The first-order valence-electron chi connectivity index (χ1n) is 5.60. The van der Waals surface area contributed by atoms with Gasteiger partial charge in [-0.1, -0.05) is 5.16 Å². The molecule has 0 radical (unpaired) electrons. The van der Waals surface area contributed by atoms with E-state index in [-0.39, 0.29) is 11.9 Å². The number of aromatic nitrogens is 1. The minimum absolute atomic E-state index is 0.115. The van der Waals surface area contributed by atoms with Crippen molar-refractivity contribution in [3.8, 4) is 0 Å². The fraction of sp³-hybridized carbons (Fsp3) is 0.636. The molecule has 1 rings (SSSR count). The molecule has 1 atom stereocenters. The van der Waals surface area contributed by atoms with E-state index < -0.39 is 0 Å². The lowest BCUT2D eigenvalue weighted by atomic mass is 10.2. The average molecular weight is 225 g/mol. The van der Waals surface area contributed by atoms with E-state index in [2.05, 4.69) is 10.5 Å². The third kappa shape index (κ3) is 3.34. The summed E-state index contributed by atoms with van der Waals surface area (Å²) in [5.41, 5.74) is 0. The summed E-state index contributed by atoms with van der Waals surface area (Å²) in [5, 5.41) is 6.71. The van der Waals surface area contributed by atoms with Crippen LogP contribution in [0.1, 0.15) is 26.5 Å². The second-order valence-corrected chi connectivity index (χ2v) is 3.59. The number of amides is 1.